The molecule has 0 atom stereocenters. The number of halogens is 2. The Balaban J connectivity index is 1.54. The smallest absolute Gasteiger partial charge is 0.293 e. The third-order valence-electron chi connectivity index (χ3n) is 4.98. The molecule has 168 valence electrons. The number of rotatable bonds is 7. The molecule has 0 bridgehead atoms. The first-order valence-corrected chi connectivity index (χ1v) is 11.2. The van der Waals surface area contributed by atoms with Gasteiger partial charge in [0.25, 0.3) is 11.1 Å². The van der Waals surface area contributed by atoms with Crippen molar-refractivity contribution in [3.63, 3.8) is 0 Å². The zero-order chi connectivity index (χ0) is 23.4. The minimum atomic E-state index is -0.468. The minimum Gasteiger partial charge on any atom is -0.493 e. The molecule has 0 saturated carbocycles. The van der Waals surface area contributed by atoms with Gasteiger partial charge in [0.15, 0.2) is 11.5 Å². The summed E-state index contributed by atoms with van der Waals surface area (Å²) < 4.78 is 25.2. The van der Waals surface area contributed by atoms with Crippen LogP contribution >= 0.6 is 23.4 Å². The van der Waals surface area contributed by atoms with Crippen molar-refractivity contribution >= 4 is 40.6 Å². The van der Waals surface area contributed by atoms with Gasteiger partial charge in [0.2, 0.25) is 0 Å². The number of carbonyl (C=O) groups excluding carboxylic acids is 2. The van der Waals surface area contributed by atoms with Crippen molar-refractivity contribution < 1.29 is 23.5 Å². The van der Waals surface area contributed by atoms with Crippen LogP contribution in [0.3, 0.4) is 0 Å². The van der Waals surface area contributed by atoms with Crippen molar-refractivity contribution in [1.82, 2.24) is 4.90 Å². The van der Waals surface area contributed by atoms with Gasteiger partial charge in [-0.25, -0.2) is 4.39 Å². The maximum atomic E-state index is 14.1. The predicted molar refractivity (Wildman–Crippen MR) is 127 cm³/mol. The van der Waals surface area contributed by atoms with E-state index in [0.717, 1.165) is 17.3 Å². The van der Waals surface area contributed by atoms with E-state index in [9.17, 15) is 14.0 Å². The molecule has 0 aromatic heterocycles. The Morgan fingerprint density at radius 2 is 1.82 bits per heavy atom. The van der Waals surface area contributed by atoms with Crippen LogP contribution in [0.5, 0.6) is 11.5 Å². The molecule has 3 aromatic rings. The van der Waals surface area contributed by atoms with Crippen LogP contribution < -0.4 is 9.47 Å². The van der Waals surface area contributed by atoms with Crippen molar-refractivity contribution in [3.8, 4) is 11.5 Å². The Kier molecular flexibility index (Phi) is 7.01. The first-order valence-electron chi connectivity index (χ1n) is 9.99. The summed E-state index contributed by atoms with van der Waals surface area (Å²) >= 11 is 6.96. The fourth-order valence-corrected chi connectivity index (χ4v) is 4.33. The Bertz CT molecular complexity index is 1210. The van der Waals surface area contributed by atoms with Gasteiger partial charge in [0, 0.05) is 5.56 Å². The molecule has 2 amide bonds. The summed E-state index contributed by atoms with van der Waals surface area (Å²) in [7, 11) is 1.49. The second-order valence-electron chi connectivity index (χ2n) is 7.15. The van der Waals surface area contributed by atoms with Crippen LogP contribution in [-0.2, 0) is 17.9 Å². The number of hydrogen-bond acceptors (Lipinski definition) is 5. The summed E-state index contributed by atoms with van der Waals surface area (Å²) in [6, 6.07) is 18.8. The summed E-state index contributed by atoms with van der Waals surface area (Å²) in [5.41, 5.74) is 1.73. The summed E-state index contributed by atoms with van der Waals surface area (Å²) in [5, 5.41) is -0.0634. The number of imide groups is 1. The van der Waals surface area contributed by atoms with E-state index in [2.05, 4.69) is 0 Å². The van der Waals surface area contributed by atoms with E-state index in [1.807, 2.05) is 30.3 Å². The Labute approximate surface area is 199 Å². The van der Waals surface area contributed by atoms with Gasteiger partial charge in [0.05, 0.1) is 23.6 Å². The first kappa shape index (κ1) is 22.9. The van der Waals surface area contributed by atoms with Gasteiger partial charge >= 0.3 is 0 Å². The topological polar surface area (TPSA) is 55.8 Å². The lowest BCUT2D eigenvalue weighted by Crippen LogP contribution is -2.27. The molecule has 0 N–H and O–H groups in total. The number of benzene rings is 3. The molecule has 1 saturated heterocycles. The maximum absolute atomic E-state index is 14.1. The quantitative estimate of drug-likeness (QED) is 0.369. The number of carbonyl (C=O) groups is 2. The average Bonchev–Trinajstić information content (AvgIpc) is 3.07. The van der Waals surface area contributed by atoms with Crippen LogP contribution in [0.4, 0.5) is 9.18 Å². The van der Waals surface area contributed by atoms with Gasteiger partial charge in [-0.1, -0.05) is 54.1 Å². The molecule has 0 spiro atoms. The molecule has 1 heterocycles. The largest absolute Gasteiger partial charge is 0.493 e. The monoisotopic (exact) mass is 483 g/mol. The van der Waals surface area contributed by atoms with E-state index in [0.29, 0.717) is 22.0 Å². The lowest BCUT2D eigenvalue weighted by molar-refractivity contribution is -0.123. The predicted octanol–water partition coefficient (Wildman–Crippen LogP) is 6.30. The summed E-state index contributed by atoms with van der Waals surface area (Å²) in [5.74, 6) is -0.0270. The lowest BCUT2D eigenvalue weighted by Gasteiger charge is -2.13. The second-order valence-corrected chi connectivity index (χ2v) is 8.55. The van der Waals surface area contributed by atoms with Crippen LogP contribution in [0.2, 0.25) is 5.02 Å². The number of thioether (sulfide) groups is 1. The maximum Gasteiger partial charge on any atom is 0.293 e. The highest BCUT2D eigenvalue weighted by atomic mass is 35.5. The SMILES string of the molecule is COc1ccc(/C=C2\SC(=O)N(Cc3ccccc3)C2=O)cc1OCc1c(F)cccc1Cl. The highest BCUT2D eigenvalue weighted by Crippen LogP contribution is 2.35. The van der Waals surface area contributed by atoms with Crippen LogP contribution in [-0.4, -0.2) is 23.2 Å². The lowest BCUT2D eigenvalue weighted by atomic mass is 10.1. The zero-order valence-corrected chi connectivity index (χ0v) is 19.2. The third kappa shape index (κ3) is 5.21. The van der Waals surface area contributed by atoms with Gasteiger partial charge in [-0.3, -0.25) is 14.5 Å². The molecule has 33 heavy (non-hydrogen) atoms. The van der Waals surface area contributed by atoms with Gasteiger partial charge in [0.1, 0.15) is 12.4 Å². The van der Waals surface area contributed by atoms with Crippen molar-refractivity contribution in [2.75, 3.05) is 7.11 Å². The number of hydrogen-bond donors (Lipinski definition) is 0. The van der Waals surface area contributed by atoms with Crippen molar-refractivity contribution in [1.29, 1.82) is 0 Å². The number of methoxy groups -OCH3 is 1. The fraction of sp³-hybridized carbons (Fsp3) is 0.120. The van der Waals surface area contributed by atoms with Gasteiger partial charge < -0.3 is 9.47 Å². The van der Waals surface area contributed by atoms with Crippen LogP contribution in [0.25, 0.3) is 6.08 Å². The minimum absolute atomic E-state index is 0.0983. The molecule has 4 rings (SSSR count). The first-order chi connectivity index (χ1) is 16.0. The summed E-state index contributed by atoms with van der Waals surface area (Å²) in [4.78, 5) is 26.8. The molecule has 0 radical (unpaired) electrons. The molecule has 8 heteroatoms. The van der Waals surface area contributed by atoms with E-state index in [4.69, 9.17) is 21.1 Å². The Hall–Kier alpha value is -3.29. The van der Waals surface area contributed by atoms with E-state index in [1.54, 1.807) is 30.3 Å². The second kappa shape index (κ2) is 10.1. The van der Waals surface area contributed by atoms with E-state index in [-0.39, 0.29) is 34.9 Å². The van der Waals surface area contributed by atoms with Crippen LogP contribution in [0.1, 0.15) is 16.7 Å². The molecular formula is C25H19ClFNO4S. The molecule has 0 unspecified atom stereocenters. The van der Waals surface area contributed by atoms with Crippen LogP contribution in [0, 0.1) is 5.82 Å². The van der Waals surface area contributed by atoms with Crippen molar-refractivity contribution in [2.24, 2.45) is 0 Å². The molecule has 0 aliphatic carbocycles. The van der Waals surface area contributed by atoms with Crippen molar-refractivity contribution in [3.05, 3.63) is 99.2 Å². The molecular weight excluding hydrogens is 465 g/mol. The summed E-state index contributed by atoms with van der Waals surface area (Å²) in [6.07, 6.45) is 1.62. The number of ether oxygens (including phenoxy) is 2. The van der Waals surface area contributed by atoms with E-state index in [1.165, 1.54) is 24.1 Å². The molecule has 1 fully saturated rings. The standard InChI is InChI=1S/C25H19ClFNO4S/c1-31-21-11-10-17(12-22(21)32-15-18-19(26)8-5-9-20(18)27)13-23-24(29)28(25(30)33-23)14-16-6-3-2-4-7-16/h2-13H,14-15H2,1H3/b23-13-. The van der Waals surface area contributed by atoms with E-state index >= 15 is 0 Å². The summed E-state index contributed by atoms with van der Waals surface area (Å²) in [6.45, 7) is 0.113. The van der Waals surface area contributed by atoms with Gasteiger partial charge in [-0.15, -0.1) is 0 Å². The third-order valence-corrected chi connectivity index (χ3v) is 6.24. The van der Waals surface area contributed by atoms with Crippen molar-refractivity contribution in [2.45, 2.75) is 13.2 Å². The van der Waals surface area contributed by atoms with E-state index < -0.39 is 5.82 Å². The Morgan fingerprint density at radius 3 is 2.55 bits per heavy atom. The zero-order valence-electron chi connectivity index (χ0n) is 17.6. The normalized spacial score (nSPS) is 14.8. The highest BCUT2D eigenvalue weighted by molar-refractivity contribution is 8.18. The van der Waals surface area contributed by atoms with Gasteiger partial charge in [-0.05, 0) is 53.2 Å². The molecule has 5 nitrogen and oxygen atoms in total. The van der Waals surface area contributed by atoms with Crippen LogP contribution in [0.15, 0.2) is 71.6 Å². The van der Waals surface area contributed by atoms with Gasteiger partial charge in [-0.2, -0.15) is 0 Å². The number of amides is 2. The fourth-order valence-electron chi connectivity index (χ4n) is 3.27. The Morgan fingerprint density at radius 1 is 1.03 bits per heavy atom. The average molecular weight is 484 g/mol. The highest BCUT2D eigenvalue weighted by Gasteiger charge is 2.35. The molecule has 1 aliphatic heterocycles. The molecule has 3 aromatic carbocycles. The number of nitrogens with zero attached hydrogens (tertiary/aromatic N) is 1. The molecule has 1 aliphatic rings.